The second kappa shape index (κ2) is 10.2. The molecule has 0 spiro atoms. The molecule has 1 heterocycles. The molecule has 35 heavy (non-hydrogen) atoms. The van der Waals surface area contributed by atoms with Gasteiger partial charge in [0.25, 0.3) is 11.8 Å². The van der Waals surface area contributed by atoms with E-state index in [9.17, 15) is 14.4 Å². The van der Waals surface area contributed by atoms with E-state index in [-0.39, 0.29) is 33.7 Å². The first kappa shape index (κ1) is 24.3. The molecular formula is C26H20Cl2N2O5. The van der Waals surface area contributed by atoms with Crippen LogP contribution in [0.4, 0.5) is 10.5 Å². The molecule has 0 saturated carbocycles. The summed E-state index contributed by atoms with van der Waals surface area (Å²) in [5, 5.41) is 2.60. The number of carbonyl (C=O) groups is 3. The molecule has 0 aliphatic carbocycles. The van der Waals surface area contributed by atoms with Crippen LogP contribution in [0.5, 0.6) is 11.5 Å². The highest BCUT2D eigenvalue weighted by Crippen LogP contribution is 2.36. The van der Waals surface area contributed by atoms with Gasteiger partial charge < -0.3 is 9.47 Å². The zero-order chi connectivity index (χ0) is 25.1. The molecule has 7 nitrogen and oxygen atoms in total. The fourth-order valence-electron chi connectivity index (χ4n) is 3.43. The summed E-state index contributed by atoms with van der Waals surface area (Å²) in [7, 11) is 1.50. The number of ether oxygens (including phenoxy) is 2. The number of hydrogen-bond acceptors (Lipinski definition) is 5. The lowest BCUT2D eigenvalue weighted by molar-refractivity contribution is -0.122. The molecule has 1 fully saturated rings. The molecule has 4 rings (SSSR count). The Morgan fingerprint density at radius 2 is 1.57 bits per heavy atom. The van der Waals surface area contributed by atoms with Gasteiger partial charge in [-0.05, 0) is 60.5 Å². The quantitative estimate of drug-likeness (QED) is 0.346. The van der Waals surface area contributed by atoms with Gasteiger partial charge in [-0.1, -0.05) is 53.0 Å². The van der Waals surface area contributed by atoms with Crippen LogP contribution in [0.25, 0.3) is 6.08 Å². The molecule has 1 saturated heterocycles. The number of nitrogens with one attached hydrogen (secondary N) is 1. The lowest BCUT2D eigenvalue weighted by atomic mass is 10.1. The number of halogens is 2. The number of barbiturate groups is 1. The first-order valence-corrected chi connectivity index (χ1v) is 11.3. The average molecular weight is 511 g/mol. The topological polar surface area (TPSA) is 84.9 Å². The van der Waals surface area contributed by atoms with Gasteiger partial charge in [0.1, 0.15) is 17.9 Å². The van der Waals surface area contributed by atoms with Gasteiger partial charge in [-0.2, -0.15) is 0 Å². The van der Waals surface area contributed by atoms with Crippen molar-refractivity contribution in [3.05, 3.63) is 93.0 Å². The molecule has 178 valence electrons. The fourth-order valence-corrected chi connectivity index (χ4v) is 4.04. The Morgan fingerprint density at radius 3 is 2.17 bits per heavy atom. The van der Waals surface area contributed by atoms with Crippen LogP contribution in [0.1, 0.15) is 16.7 Å². The minimum Gasteiger partial charge on any atom is -0.497 e. The molecule has 3 aromatic rings. The summed E-state index contributed by atoms with van der Waals surface area (Å²) >= 11 is 12.8. The fraction of sp³-hybridized carbons (Fsp3) is 0.115. The lowest BCUT2D eigenvalue weighted by Gasteiger charge is -2.26. The van der Waals surface area contributed by atoms with Gasteiger partial charge in [-0.25, -0.2) is 9.69 Å². The summed E-state index contributed by atoms with van der Waals surface area (Å²) in [6.45, 7) is 2.26. The molecule has 0 radical (unpaired) electrons. The highest BCUT2D eigenvalue weighted by Gasteiger charge is 2.36. The number of nitrogens with zero attached hydrogens (tertiary/aromatic N) is 1. The largest absolute Gasteiger partial charge is 0.497 e. The number of amides is 4. The van der Waals surface area contributed by atoms with Gasteiger partial charge in [-0.3, -0.25) is 14.9 Å². The number of imide groups is 2. The van der Waals surface area contributed by atoms with Crippen molar-refractivity contribution in [3.63, 3.8) is 0 Å². The maximum atomic E-state index is 13.1. The smallest absolute Gasteiger partial charge is 0.335 e. The van der Waals surface area contributed by atoms with Gasteiger partial charge in [0.2, 0.25) is 0 Å². The Kier molecular flexibility index (Phi) is 7.10. The first-order chi connectivity index (χ1) is 16.8. The second-order valence-corrected chi connectivity index (χ2v) is 8.56. The van der Waals surface area contributed by atoms with E-state index in [1.54, 1.807) is 12.1 Å². The normalized spacial score (nSPS) is 14.8. The predicted octanol–water partition coefficient (Wildman–Crippen LogP) is 5.56. The number of benzene rings is 3. The number of anilines is 1. The monoisotopic (exact) mass is 510 g/mol. The van der Waals surface area contributed by atoms with E-state index in [0.29, 0.717) is 11.3 Å². The highest BCUT2D eigenvalue weighted by molar-refractivity contribution is 6.40. The summed E-state index contributed by atoms with van der Waals surface area (Å²) in [6, 6.07) is 16.3. The van der Waals surface area contributed by atoms with E-state index < -0.39 is 17.8 Å². The first-order valence-electron chi connectivity index (χ1n) is 10.5. The number of carbonyl (C=O) groups excluding carboxylic acids is 3. The van der Waals surface area contributed by atoms with E-state index in [0.717, 1.165) is 16.0 Å². The lowest BCUT2D eigenvalue weighted by Crippen LogP contribution is -2.54. The summed E-state index contributed by atoms with van der Waals surface area (Å²) < 4.78 is 10.9. The van der Waals surface area contributed by atoms with E-state index >= 15 is 0 Å². The third-order valence-corrected chi connectivity index (χ3v) is 5.83. The second-order valence-electron chi connectivity index (χ2n) is 7.74. The molecule has 0 atom stereocenters. The molecule has 1 aliphatic rings. The Bertz CT molecular complexity index is 1310. The highest BCUT2D eigenvalue weighted by atomic mass is 35.5. The molecule has 3 aromatic carbocycles. The van der Waals surface area contributed by atoms with E-state index in [1.165, 1.54) is 37.5 Å². The number of hydrogen-bond donors (Lipinski definition) is 1. The van der Waals surface area contributed by atoms with Crippen LogP contribution < -0.4 is 19.7 Å². The number of aryl methyl sites for hydroxylation is 1. The zero-order valence-corrected chi connectivity index (χ0v) is 20.3. The van der Waals surface area contributed by atoms with Crippen LogP contribution in [0, 0.1) is 6.92 Å². The Balaban J connectivity index is 1.59. The van der Waals surface area contributed by atoms with Crippen molar-refractivity contribution in [2.75, 3.05) is 12.0 Å². The van der Waals surface area contributed by atoms with E-state index in [1.807, 2.05) is 31.2 Å². The molecule has 4 amide bonds. The summed E-state index contributed by atoms with van der Waals surface area (Å²) in [6.07, 6.45) is 1.32. The molecule has 1 aliphatic heterocycles. The Morgan fingerprint density at radius 1 is 0.943 bits per heavy atom. The Hall–Kier alpha value is -3.81. The third kappa shape index (κ3) is 5.31. The maximum absolute atomic E-state index is 13.1. The average Bonchev–Trinajstić information content (AvgIpc) is 2.82. The number of urea groups is 1. The summed E-state index contributed by atoms with van der Waals surface area (Å²) in [5.41, 5.74) is 2.51. The third-order valence-electron chi connectivity index (χ3n) is 5.27. The molecule has 0 bridgehead atoms. The van der Waals surface area contributed by atoms with Gasteiger partial charge in [0.15, 0.2) is 5.75 Å². The minimum atomic E-state index is -0.849. The molecule has 9 heteroatoms. The summed E-state index contributed by atoms with van der Waals surface area (Å²) in [4.78, 5) is 38.8. The van der Waals surface area contributed by atoms with Gasteiger partial charge in [0.05, 0.1) is 22.8 Å². The standard InChI is InChI=1S/C26H20Cl2N2O5/c1-15-3-5-16(6-4-15)14-35-23-21(27)12-17(13-22(23)28)11-20-24(31)29-26(33)30(25(20)32)18-7-9-19(34-2)10-8-18/h3-13H,14H2,1-2H3,(H,29,31,33)/b20-11+. The molecular weight excluding hydrogens is 491 g/mol. The number of rotatable bonds is 6. The van der Waals surface area contributed by atoms with Crippen LogP contribution in [0.3, 0.4) is 0 Å². The molecule has 0 aromatic heterocycles. The Labute approximate surface area is 211 Å². The minimum absolute atomic E-state index is 0.211. The van der Waals surface area contributed by atoms with Crippen molar-refractivity contribution in [2.45, 2.75) is 13.5 Å². The summed E-state index contributed by atoms with van der Waals surface area (Å²) in [5.74, 6) is -0.766. The predicted molar refractivity (Wildman–Crippen MR) is 134 cm³/mol. The van der Waals surface area contributed by atoms with Crippen molar-refractivity contribution in [1.82, 2.24) is 5.32 Å². The maximum Gasteiger partial charge on any atom is 0.335 e. The van der Waals surface area contributed by atoms with Crippen molar-refractivity contribution in [3.8, 4) is 11.5 Å². The van der Waals surface area contributed by atoms with Gasteiger partial charge in [-0.15, -0.1) is 0 Å². The molecule has 1 N–H and O–H groups in total. The van der Waals surface area contributed by atoms with Crippen LogP contribution in [0.2, 0.25) is 10.0 Å². The molecule has 0 unspecified atom stereocenters. The van der Waals surface area contributed by atoms with Crippen LogP contribution >= 0.6 is 23.2 Å². The van der Waals surface area contributed by atoms with E-state index in [2.05, 4.69) is 5.32 Å². The van der Waals surface area contributed by atoms with Gasteiger partial charge >= 0.3 is 6.03 Å². The van der Waals surface area contributed by atoms with Crippen molar-refractivity contribution in [2.24, 2.45) is 0 Å². The van der Waals surface area contributed by atoms with E-state index in [4.69, 9.17) is 32.7 Å². The van der Waals surface area contributed by atoms with Gasteiger partial charge in [0, 0.05) is 0 Å². The van der Waals surface area contributed by atoms with Crippen LogP contribution in [-0.4, -0.2) is 25.0 Å². The number of methoxy groups -OCH3 is 1. The zero-order valence-electron chi connectivity index (χ0n) is 18.8. The SMILES string of the molecule is COc1ccc(N2C(=O)NC(=O)/C(=C\c3cc(Cl)c(OCc4ccc(C)cc4)c(Cl)c3)C2=O)cc1. The van der Waals surface area contributed by atoms with Crippen molar-refractivity contribution < 1.29 is 23.9 Å². The van der Waals surface area contributed by atoms with Crippen LogP contribution in [-0.2, 0) is 16.2 Å². The van der Waals surface area contributed by atoms with Crippen LogP contribution in [0.15, 0.2) is 66.2 Å². The van der Waals surface area contributed by atoms with Crippen molar-refractivity contribution in [1.29, 1.82) is 0 Å². The van der Waals surface area contributed by atoms with Crippen molar-refractivity contribution >= 4 is 52.8 Å².